The Bertz CT molecular complexity index is 1570. The lowest BCUT2D eigenvalue weighted by molar-refractivity contribution is -0.146. The summed E-state index contributed by atoms with van der Waals surface area (Å²) in [6, 6.07) is 24.6. The molecule has 41 heavy (non-hydrogen) atoms. The summed E-state index contributed by atoms with van der Waals surface area (Å²) in [7, 11) is 0. The highest BCUT2D eigenvalue weighted by atomic mass is 35.5. The zero-order valence-corrected chi connectivity index (χ0v) is 24.3. The highest BCUT2D eigenvalue weighted by Gasteiger charge is 2.36. The predicted molar refractivity (Wildman–Crippen MR) is 161 cm³/mol. The third-order valence-electron chi connectivity index (χ3n) is 7.35. The SMILES string of the molecule is CC1=C(C(=O)OC2CCCCC2)C(c2cccc(Oc3ccccc3)c2)n2nc(SCc3ccccc3Cl)nc2N1. The van der Waals surface area contributed by atoms with E-state index < -0.39 is 6.04 Å². The molecule has 1 atom stereocenters. The summed E-state index contributed by atoms with van der Waals surface area (Å²) in [4.78, 5) is 18.5. The summed E-state index contributed by atoms with van der Waals surface area (Å²) >= 11 is 7.87. The van der Waals surface area contributed by atoms with Crippen molar-refractivity contribution in [3.63, 3.8) is 0 Å². The molecule has 4 aromatic rings. The summed E-state index contributed by atoms with van der Waals surface area (Å²) in [5, 5.41) is 9.47. The van der Waals surface area contributed by atoms with Gasteiger partial charge in [-0.25, -0.2) is 9.48 Å². The summed E-state index contributed by atoms with van der Waals surface area (Å²) in [5.74, 6) is 2.26. The van der Waals surface area contributed by atoms with Gasteiger partial charge in [-0.2, -0.15) is 4.98 Å². The average Bonchev–Trinajstić information content (AvgIpc) is 3.39. The van der Waals surface area contributed by atoms with Gasteiger partial charge in [0.15, 0.2) is 0 Å². The number of esters is 1. The fraction of sp³-hybridized carbons (Fsp3) is 0.281. The Balaban J connectivity index is 1.34. The molecule has 0 bridgehead atoms. The average molecular weight is 587 g/mol. The van der Waals surface area contributed by atoms with Gasteiger partial charge in [0, 0.05) is 16.5 Å². The minimum absolute atomic E-state index is 0.0659. The van der Waals surface area contributed by atoms with Crippen molar-refractivity contribution in [3.8, 4) is 11.5 Å². The second-order valence-corrected chi connectivity index (χ2v) is 11.6. The molecular formula is C32H31ClN4O3S. The molecule has 1 fully saturated rings. The molecule has 0 saturated heterocycles. The number of allylic oxidation sites excluding steroid dienone is 1. The molecule has 1 saturated carbocycles. The van der Waals surface area contributed by atoms with E-state index in [1.54, 1.807) is 4.68 Å². The van der Waals surface area contributed by atoms with Gasteiger partial charge in [-0.3, -0.25) is 0 Å². The number of fused-ring (bicyclic) bond motifs is 1. The van der Waals surface area contributed by atoms with E-state index in [9.17, 15) is 4.79 Å². The van der Waals surface area contributed by atoms with E-state index in [1.165, 1.54) is 18.2 Å². The minimum atomic E-state index is -0.538. The van der Waals surface area contributed by atoms with Gasteiger partial charge in [-0.15, -0.1) is 5.10 Å². The number of aromatic nitrogens is 3. The van der Waals surface area contributed by atoms with Crippen LogP contribution in [0.1, 0.15) is 56.2 Å². The van der Waals surface area contributed by atoms with Gasteiger partial charge >= 0.3 is 5.97 Å². The lowest BCUT2D eigenvalue weighted by Gasteiger charge is -2.30. The van der Waals surface area contributed by atoms with Crippen LogP contribution >= 0.6 is 23.4 Å². The number of anilines is 1. The molecule has 3 aromatic carbocycles. The maximum absolute atomic E-state index is 13.8. The van der Waals surface area contributed by atoms with Crippen molar-refractivity contribution in [2.24, 2.45) is 0 Å². The molecule has 7 nitrogen and oxygen atoms in total. The molecule has 2 heterocycles. The summed E-state index contributed by atoms with van der Waals surface area (Å²) in [6.07, 6.45) is 5.07. The van der Waals surface area contributed by atoms with Crippen LogP contribution in [0.25, 0.3) is 0 Å². The highest BCUT2D eigenvalue weighted by Crippen LogP contribution is 2.39. The molecule has 1 unspecified atom stereocenters. The van der Waals surface area contributed by atoms with E-state index in [1.807, 2.05) is 85.8 Å². The molecule has 1 aliphatic carbocycles. The van der Waals surface area contributed by atoms with Crippen LogP contribution in [0.2, 0.25) is 5.02 Å². The Morgan fingerprint density at radius 3 is 2.56 bits per heavy atom. The first-order valence-corrected chi connectivity index (χ1v) is 15.3. The number of ether oxygens (including phenoxy) is 2. The molecule has 0 radical (unpaired) electrons. The van der Waals surface area contributed by atoms with Crippen LogP contribution in [-0.4, -0.2) is 26.8 Å². The van der Waals surface area contributed by atoms with Gasteiger partial charge < -0.3 is 14.8 Å². The molecule has 9 heteroatoms. The molecule has 0 amide bonds. The minimum Gasteiger partial charge on any atom is -0.459 e. The molecule has 1 aromatic heterocycles. The predicted octanol–water partition coefficient (Wildman–Crippen LogP) is 8.18. The number of hydrogen-bond donors (Lipinski definition) is 1. The van der Waals surface area contributed by atoms with Gasteiger partial charge in [0.2, 0.25) is 11.1 Å². The van der Waals surface area contributed by atoms with E-state index in [-0.39, 0.29) is 12.1 Å². The molecule has 1 N–H and O–H groups in total. The Morgan fingerprint density at radius 1 is 1.00 bits per heavy atom. The van der Waals surface area contributed by atoms with E-state index in [4.69, 9.17) is 31.2 Å². The Labute approximate surface area is 248 Å². The number of thioether (sulfide) groups is 1. The molecule has 1 aliphatic heterocycles. The van der Waals surface area contributed by atoms with Crippen molar-refractivity contribution >= 4 is 35.3 Å². The molecule has 6 rings (SSSR count). The van der Waals surface area contributed by atoms with Gasteiger partial charge in [0.05, 0.1) is 5.57 Å². The second kappa shape index (κ2) is 12.4. The number of benzene rings is 3. The summed E-state index contributed by atoms with van der Waals surface area (Å²) < 4.78 is 14.0. The largest absolute Gasteiger partial charge is 0.459 e. The van der Waals surface area contributed by atoms with Crippen molar-refractivity contribution in [1.82, 2.24) is 14.8 Å². The standard InChI is InChI=1S/C32H31ClN4O3S/c1-21-28(30(38)40-25-15-6-3-7-16-25)29(22-12-10-17-26(19-22)39-24-13-4-2-5-14-24)37-31(34-21)35-32(36-37)41-20-23-11-8-9-18-27(23)33/h2,4-5,8-14,17-19,25,29H,3,6-7,15-16,20H2,1H3,(H,34,35,36). The first kappa shape index (κ1) is 27.4. The van der Waals surface area contributed by atoms with Crippen molar-refractivity contribution in [3.05, 3.63) is 106 Å². The van der Waals surface area contributed by atoms with E-state index in [2.05, 4.69) is 5.32 Å². The first-order chi connectivity index (χ1) is 20.0. The van der Waals surface area contributed by atoms with E-state index in [0.29, 0.717) is 38.9 Å². The number of para-hydroxylation sites is 1. The van der Waals surface area contributed by atoms with Gasteiger partial charge in [0.25, 0.3) is 0 Å². The fourth-order valence-corrected chi connectivity index (χ4v) is 6.41. The third-order valence-corrected chi connectivity index (χ3v) is 8.60. The monoisotopic (exact) mass is 586 g/mol. The number of nitrogens with zero attached hydrogens (tertiary/aromatic N) is 3. The molecular weight excluding hydrogens is 556 g/mol. The number of hydrogen-bond acceptors (Lipinski definition) is 7. The van der Waals surface area contributed by atoms with Crippen molar-refractivity contribution in [2.75, 3.05) is 5.32 Å². The third kappa shape index (κ3) is 6.29. The van der Waals surface area contributed by atoms with E-state index in [0.717, 1.165) is 42.6 Å². The smallest absolute Gasteiger partial charge is 0.338 e. The van der Waals surface area contributed by atoms with E-state index >= 15 is 0 Å². The first-order valence-electron chi connectivity index (χ1n) is 13.9. The number of carbonyl (C=O) groups is 1. The van der Waals surface area contributed by atoms with Gasteiger partial charge in [-0.05, 0) is 74.1 Å². The second-order valence-electron chi connectivity index (χ2n) is 10.3. The van der Waals surface area contributed by atoms with Crippen LogP contribution in [0.3, 0.4) is 0 Å². The highest BCUT2D eigenvalue weighted by molar-refractivity contribution is 7.98. The van der Waals surface area contributed by atoms with Crippen LogP contribution in [0.5, 0.6) is 11.5 Å². The maximum atomic E-state index is 13.8. The zero-order chi connectivity index (χ0) is 28.2. The van der Waals surface area contributed by atoms with Crippen molar-refractivity contribution < 1.29 is 14.3 Å². The number of carbonyl (C=O) groups excluding carboxylic acids is 1. The number of nitrogens with one attached hydrogen (secondary N) is 1. The summed E-state index contributed by atoms with van der Waals surface area (Å²) in [6.45, 7) is 1.89. The van der Waals surface area contributed by atoms with Crippen LogP contribution in [0.15, 0.2) is 95.3 Å². The fourth-order valence-electron chi connectivity index (χ4n) is 5.29. The van der Waals surface area contributed by atoms with Crippen molar-refractivity contribution in [2.45, 2.75) is 62.1 Å². The normalized spacial score (nSPS) is 17.1. The van der Waals surface area contributed by atoms with Crippen molar-refractivity contribution in [1.29, 1.82) is 0 Å². The van der Waals surface area contributed by atoms with Crippen LogP contribution < -0.4 is 10.1 Å². The molecule has 210 valence electrons. The van der Waals surface area contributed by atoms with Gasteiger partial charge in [-0.1, -0.05) is 78.3 Å². The summed E-state index contributed by atoms with van der Waals surface area (Å²) in [5.41, 5.74) is 3.08. The maximum Gasteiger partial charge on any atom is 0.338 e. The topological polar surface area (TPSA) is 78.3 Å². The van der Waals surface area contributed by atoms with Crippen LogP contribution in [0.4, 0.5) is 5.95 Å². The zero-order valence-electron chi connectivity index (χ0n) is 22.8. The Kier molecular flexibility index (Phi) is 8.30. The van der Waals surface area contributed by atoms with Crippen LogP contribution in [-0.2, 0) is 15.3 Å². The Morgan fingerprint density at radius 2 is 1.76 bits per heavy atom. The van der Waals surface area contributed by atoms with Crippen LogP contribution in [0, 0.1) is 0 Å². The lowest BCUT2D eigenvalue weighted by atomic mass is 9.94. The number of rotatable bonds is 8. The lowest BCUT2D eigenvalue weighted by Crippen LogP contribution is -2.32. The van der Waals surface area contributed by atoms with Gasteiger partial charge in [0.1, 0.15) is 23.6 Å². The molecule has 2 aliphatic rings. The molecule has 0 spiro atoms. The number of halogens is 1. The quantitative estimate of drug-likeness (QED) is 0.165. The Hall–Kier alpha value is -3.75.